The molecule has 1 saturated heterocycles. The van der Waals surface area contributed by atoms with Crippen LogP contribution in [-0.2, 0) is 0 Å². The quantitative estimate of drug-likeness (QED) is 0.519. The summed E-state index contributed by atoms with van der Waals surface area (Å²) in [6.07, 6.45) is 6.78. The third kappa shape index (κ3) is 5.14. The predicted molar refractivity (Wildman–Crippen MR) is 129 cm³/mol. The fourth-order valence-electron chi connectivity index (χ4n) is 3.86. The van der Waals surface area contributed by atoms with E-state index < -0.39 is 0 Å². The number of nitrogens with one attached hydrogen (secondary N) is 1. The largest absolute Gasteiger partial charge is 0.493 e. The molecule has 2 aromatic carbocycles. The van der Waals surface area contributed by atoms with Crippen LogP contribution in [0.1, 0.15) is 29.6 Å². The molecule has 2 heterocycles. The third-order valence-electron chi connectivity index (χ3n) is 5.56. The van der Waals surface area contributed by atoms with Crippen molar-refractivity contribution in [3.05, 3.63) is 54.4 Å². The average Bonchev–Trinajstić information content (AvgIpc) is 2.89. The van der Waals surface area contributed by atoms with E-state index in [0.717, 1.165) is 31.7 Å². The van der Waals surface area contributed by atoms with Crippen LogP contribution in [-0.4, -0.2) is 50.3 Å². The van der Waals surface area contributed by atoms with E-state index in [-0.39, 0.29) is 5.91 Å². The molecule has 1 N–H and O–H groups in total. The first-order chi connectivity index (χ1) is 16.6. The lowest BCUT2D eigenvalue weighted by atomic mass is 10.1. The molecule has 9 nitrogen and oxygen atoms in total. The number of hydrogen-bond donors (Lipinski definition) is 1. The van der Waals surface area contributed by atoms with Crippen molar-refractivity contribution in [2.45, 2.75) is 19.3 Å². The lowest BCUT2D eigenvalue weighted by Gasteiger charge is -2.28. The normalized spacial score (nSPS) is 13.2. The smallest absolute Gasteiger partial charge is 0.263 e. The van der Waals surface area contributed by atoms with Gasteiger partial charge in [0.2, 0.25) is 5.75 Å². The first-order valence-electron chi connectivity index (χ1n) is 11.1. The zero-order valence-electron chi connectivity index (χ0n) is 19.5. The fourth-order valence-corrected chi connectivity index (χ4v) is 3.86. The molecule has 178 valence electrons. The summed E-state index contributed by atoms with van der Waals surface area (Å²) in [4.78, 5) is 23.8. The molecule has 0 aliphatic carbocycles. The molecule has 3 aromatic rings. The minimum Gasteiger partial charge on any atom is -0.493 e. The highest BCUT2D eigenvalue weighted by atomic mass is 16.5. The monoisotopic (exact) mass is 464 g/mol. The van der Waals surface area contributed by atoms with Crippen LogP contribution >= 0.6 is 0 Å². The Morgan fingerprint density at radius 1 is 0.882 bits per heavy atom. The topological polar surface area (TPSA) is 95.0 Å². The minimum absolute atomic E-state index is 0.283. The Morgan fingerprint density at radius 3 is 2.15 bits per heavy atom. The fraction of sp³-hybridized carbons (Fsp3) is 0.320. The number of hydrogen-bond acceptors (Lipinski definition) is 8. The highest BCUT2D eigenvalue weighted by molar-refractivity contribution is 6.04. The van der Waals surface area contributed by atoms with Gasteiger partial charge < -0.3 is 29.2 Å². The maximum Gasteiger partial charge on any atom is 0.263 e. The molecular weight excluding hydrogens is 436 g/mol. The Bertz CT molecular complexity index is 1110. The van der Waals surface area contributed by atoms with Crippen molar-refractivity contribution in [2.24, 2.45) is 0 Å². The van der Waals surface area contributed by atoms with Gasteiger partial charge >= 0.3 is 0 Å². The second-order valence-electron chi connectivity index (χ2n) is 7.73. The molecular formula is C25H28N4O5. The van der Waals surface area contributed by atoms with Crippen molar-refractivity contribution >= 4 is 17.4 Å². The number of methoxy groups -OCH3 is 3. The van der Waals surface area contributed by atoms with E-state index in [1.165, 1.54) is 27.8 Å². The van der Waals surface area contributed by atoms with E-state index in [9.17, 15) is 4.79 Å². The van der Waals surface area contributed by atoms with Gasteiger partial charge in [-0.2, -0.15) is 0 Å². The Morgan fingerprint density at radius 2 is 1.53 bits per heavy atom. The Kier molecular flexibility index (Phi) is 7.31. The Balaban J connectivity index is 1.47. The van der Waals surface area contributed by atoms with Gasteiger partial charge in [-0.1, -0.05) is 0 Å². The van der Waals surface area contributed by atoms with Crippen LogP contribution < -0.4 is 29.2 Å². The maximum absolute atomic E-state index is 12.8. The summed E-state index contributed by atoms with van der Waals surface area (Å²) in [6, 6.07) is 10.2. The molecule has 34 heavy (non-hydrogen) atoms. The molecule has 1 amide bonds. The van der Waals surface area contributed by atoms with Gasteiger partial charge in [-0.3, -0.25) is 4.79 Å². The molecule has 0 radical (unpaired) electrons. The van der Waals surface area contributed by atoms with Crippen molar-refractivity contribution in [2.75, 3.05) is 44.6 Å². The number of rotatable bonds is 8. The number of carbonyl (C=O) groups is 1. The van der Waals surface area contributed by atoms with Crippen LogP contribution in [0.25, 0.3) is 0 Å². The van der Waals surface area contributed by atoms with Crippen molar-refractivity contribution in [3.8, 4) is 28.9 Å². The SMILES string of the molecule is COc1cc(NC(=O)c2ccc(Oc3nccnc3N3CCCCC3)cc2)cc(OC)c1OC. The molecule has 9 heteroatoms. The van der Waals surface area contributed by atoms with Gasteiger partial charge in [-0.05, 0) is 43.5 Å². The van der Waals surface area contributed by atoms with E-state index in [4.69, 9.17) is 18.9 Å². The molecule has 0 bridgehead atoms. The minimum atomic E-state index is -0.283. The van der Waals surface area contributed by atoms with Crippen molar-refractivity contribution in [1.29, 1.82) is 0 Å². The maximum atomic E-state index is 12.8. The molecule has 1 aromatic heterocycles. The zero-order valence-corrected chi connectivity index (χ0v) is 19.5. The Labute approximate surface area is 198 Å². The number of aromatic nitrogens is 2. The zero-order chi connectivity index (χ0) is 23.9. The molecule has 1 fully saturated rings. The average molecular weight is 465 g/mol. The van der Waals surface area contributed by atoms with Crippen molar-refractivity contribution in [3.63, 3.8) is 0 Å². The van der Waals surface area contributed by atoms with Crippen LogP contribution in [0.15, 0.2) is 48.8 Å². The number of nitrogens with zero attached hydrogens (tertiary/aromatic N) is 3. The third-order valence-corrected chi connectivity index (χ3v) is 5.56. The second kappa shape index (κ2) is 10.7. The van der Waals surface area contributed by atoms with Crippen LogP contribution in [0.3, 0.4) is 0 Å². The lowest BCUT2D eigenvalue weighted by molar-refractivity contribution is 0.102. The van der Waals surface area contributed by atoms with Gasteiger partial charge in [0.1, 0.15) is 5.75 Å². The van der Waals surface area contributed by atoms with Crippen LogP contribution in [0.2, 0.25) is 0 Å². The number of benzene rings is 2. The summed E-state index contributed by atoms with van der Waals surface area (Å²) < 4.78 is 22.0. The van der Waals surface area contributed by atoms with Crippen molar-refractivity contribution < 1.29 is 23.7 Å². The first kappa shape index (κ1) is 23.2. The van der Waals surface area contributed by atoms with E-state index >= 15 is 0 Å². The van der Waals surface area contributed by atoms with Crippen LogP contribution in [0.5, 0.6) is 28.9 Å². The van der Waals surface area contributed by atoms with E-state index in [2.05, 4.69) is 20.2 Å². The van der Waals surface area contributed by atoms with Crippen LogP contribution in [0.4, 0.5) is 11.5 Å². The second-order valence-corrected chi connectivity index (χ2v) is 7.73. The molecule has 0 spiro atoms. The summed E-state index contributed by atoms with van der Waals surface area (Å²) in [5, 5.41) is 2.86. The number of piperidine rings is 1. The molecule has 1 aliphatic rings. The molecule has 0 atom stereocenters. The number of carbonyl (C=O) groups excluding carboxylic acids is 1. The number of ether oxygens (including phenoxy) is 4. The summed E-state index contributed by atoms with van der Waals surface area (Å²) in [6.45, 7) is 1.88. The Hall–Kier alpha value is -4.01. The van der Waals surface area contributed by atoms with Gasteiger partial charge in [0.05, 0.1) is 21.3 Å². The molecule has 0 unspecified atom stereocenters. The van der Waals surface area contributed by atoms with Crippen molar-refractivity contribution in [1.82, 2.24) is 9.97 Å². The van der Waals surface area contributed by atoms with Gasteiger partial charge in [-0.25, -0.2) is 9.97 Å². The van der Waals surface area contributed by atoms with E-state index in [1.807, 2.05) is 0 Å². The molecule has 1 aliphatic heterocycles. The summed E-state index contributed by atoms with van der Waals surface area (Å²) in [5.74, 6) is 2.85. The highest BCUT2D eigenvalue weighted by Gasteiger charge is 2.19. The summed E-state index contributed by atoms with van der Waals surface area (Å²) >= 11 is 0. The van der Waals surface area contributed by atoms with Gasteiger partial charge in [0.25, 0.3) is 11.8 Å². The molecule has 0 saturated carbocycles. The highest BCUT2D eigenvalue weighted by Crippen LogP contribution is 2.40. The van der Waals surface area contributed by atoms with E-state index in [0.29, 0.717) is 40.1 Å². The number of anilines is 2. The van der Waals surface area contributed by atoms with E-state index in [1.54, 1.807) is 48.8 Å². The summed E-state index contributed by atoms with van der Waals surface area (Å²) in [5.41, 5.74) is 0.988. The van der Waals surface area contributed by atoms with Gasteiger partial charge in [0.15, 0.2) is 17.3 Å². The summed E-state index contributed by atoms with van der Waals surface area (Å²) in [7, 11) is 4.57. The van der Waals surface area contributed by atoms with Gasteiger partial charge in [0, 0.05) is 48.9 Å². The van der Waals surface area contributed by atoms with Gasteiger partial charge in [-0.15, -0.1) is 0 Å². The molecule has 4 rings (SSSR count). The predicted octanol–water partition coefficient (Wildman–Crippen LogP) is 4.54. The van der Waals surface area contributed by atoms with Crippen LogP contribution in [0, 0.1) is 0 Å². The first-order valence-corrected chi connectivity index (χ1v) is 11.1. The number of amides is 1. The standard InChI is InChI=1S/C25H28N4O5/c1-31-20-15-18(16-21(32-2)22(20)33-3)28-24(30)17-7-9-19(10-8-17)34-25-23(26-11-12-27-25)29-13-5-4-6-14-29/h7-12,15-16H,4-6,13-14H2,1-3H3,(H,28,30). The lowest BCUT2D eigenvalue weighted by Crippen LogP contribution is -2.30.